The van der Waals surface area contributed by atoms with Crippen LogP contribution in [-0.4, -0.2) is 53.0 Å². The minimum absolute atomic E-state index is 0.152. The zero-order chi connectivity index (χ0) is 22.9. The lowest BCUT2D eigenvalue weighted by molar-refractivity contribution is -0.296. The Bertz CT molecular complexity index is 1100. The molecule has 0 radical (unpaired) electrons. The normalized spacial score (nSPS) is 26.8. The molecule has 168 valence electrons. The third kappa shape index (κ3) is 4.28. The first-order valence-corrected chi connectivity index (χ1v) is 10.7. The molecule has 1 spiro atoms. The molecule has 0 aliphatic carbocycles. The Hall–Kier alpha value is -3.11. The van der Waals surface area contributed by atoms with Crippen LogP contribution in [0.5, 0.6) is 0 Å². The number of carbonyl (C=O) groups excluding carboxylic acids is 3. The lowest BCUT2D eigenvalue weighted by atomic mass is 10.0. The predicted molar refractivity (Wildman–Crippen MR) is 115 cm³/mol. The van der Waals surface area contributed by atoms with Gasteiger partial charge in [0.1, 0.15) is 5.04 Å². The van der Waals surface area contributed by atoms with Gasteiger partial charge in [0, 0.05) is 26.3 Å². The highest BCUT2D eigenvalue weighted by Crippen LogP contribution is 2.47. The molecule has 0 bridgehead atoms. The van der Waals surface area contributed by atoms with Crippen molar-refractivity contribution in [3.8, 4) is 0 Å². The third-order valence-electron chi connectivity index (χ3n) is 4.89. The fourth-order valence-corrected chi connectivity index (χ4v) is 4.82. The largest absolute Gasteiger partial charge is 0.456 e. The number of thioether (sulfide) groups is 1. The van der Waals surface area contributed by atoms with Crippen molar-refractivity contribution in [3.05, 3.63) is 48.0 Å². The van der Waals surface area contributed by atoms with E-state index >= 15 is 0 Å². The van der Waals surface area contributed by atoms with Gasteiger partial charge in [-0.05, 0) is 22.5 Å². The van der Waals surface area contributed by atoms with Gasteiger partial charge in [-0.25, -0.2) is 0 Å². The van der Waals surface area contributed by atoms with Crippen molar-refractivity contribution < 1.29 is 38.2 Å². The molecule has 1 saturated heterocycles. The van der Waals surface area contributed by atoms with E-state index in [4.69, 9.17) is 23.8 Å². The van der Waals surface area contributed by atoms with Crippen molar-refractivity contribution in [1.82, 2.24) is 0 Å². The van der Waals surface area contributed by atoms with Gasteiger partial charge < -0.3 is 23.8 Å². The van der Waals surface area contributed by atoms with Crippen LogP contribution in [0.25, 0.3) is 10.8 Å². The van der Waals surface area contributed by atoms with Crippen LogP contribution in [0, 0.1) is 0 Å². The Kier molecular flexibility index (Phi) is 6.07. The molecule has 10 heteroatoms. The van der Waals surface area contributed by atoms with E-state index < -0.39 is 41.3 Å². The van der Waals surface area contributed by atoms with Gasteiger partial charge in [0.2, 0.25) is 6.10 Å². The van der Waals surface area contributed by atoms with Crippen LogP contribution in [0.1, 0.15) is 26.3 Å². The molecule has 0 amide bonds. The highest BCUT2D eigenvalue weighted by molar-refractivity contribution is 8.15. The number of ether oxygens (including phenoxy) is 4. The molecule has 0 aromatic heterocycles. The van der Waals surface area contributed by atoms with Crippen molar-refractivity contribution in [2.75, 3.05) is 6.61 Å². The highest BCUT2D eigenvalue weighted by Gasteiger charge is 2.62. The molecule has 0 unspecified atom stereocenters. The molecule has 0 N–H and O–H groups in total. The molecule has 0 saturated carbocycles. The maximum atomic E-state index is 11.9. The summed E-state index contributed by atoms with van der Waals surface area (Å²) < 4.78 is 22.0. The molecule has 4 atom stereocenters. The van der Waals surface area contributed by atoms with E-state index in [-0.39, 0.29) is 6.61 Å². The van der Waals surface area contributed by atoms with Crippen LogP contribution in [0.15, 0.2) is 47.6 Å². The van der Waals surface area contributed by atoms with Gasteiger partial charge in [-0.15, -0.1) is 0 Å². The molecule has 4 rings (SSSR count). The zero-order valence-corrected chi connectivity index (χ0v) is 18.4. The lowest BCUT2D eigenvalue weighted by Gasteiger charge is -2.43. The zero-order valence-electron chi connectivity index (χ0n) is 17.6. The van der Waals surface area contributed by atoms with Crippen molar-refractivity contribution in [1.29, 1.82) is 0 Å². The first kappa shape index (κ1) is 22.1. The number of benzene rings is 2. The summed E-state index contributed by atoms with van der Waals surface area (Å²) in [5, 5.41) is 5.07. The number of hydrogen-bond donors (Lipinski definition) is 0. The van der Waals surface area contributed by atoms with Crippen LogP contribution < -0.4 is 0 Å². The second-order valence-corrected chi connectivity index (χ2v) is 8.44. The molecule has 2 aromatic rings. The van der Waals surface area contributed by atoms with E-state index in [9.17, 15) is 14.4 Å². The van der Waals surface area contributed by atoms with Crippen molar-refractivity contribution in [2.24, 2.45) is 5.16 Å². The van der Waals surface area contributed by atoms with E-state index in [0.717, 1.165) is 28.1 Å². The van der Waals surface area contributed by atoms with Crippen LogP contribution in [-0.2, 0) is 38.2 Å². The summed E-state index contributed by atoms with van der Waals surface area (Å²) in [6.45, 7) is 3.48. The molecular weight excluding hydrogens is 438 g/mol. The van der Waals surface area contributed by atoms with Gasteiger partial charge in [0.15, 0.2) is 12.2 Å². The number of esters is 3. The number of hydrogen-bond acceptors (Lipinski definition) is 10. The molecule has 32 heavy (non-hydrogen) atoms. The Morgan fingerprint density at radius 3 is 2.38 bits per heavy atom. The Labute approximate surface area is 188 Å². The van der Waals surface area contributed by atoms with E-state index in [1.54, 1.807) is 0 Å². The van der Waals surface area contributed by atoms with E-state index in [2.05, 4.69) is 5.16 Å². The average Bonchev–Trinajstić information content (AvgIpc) is 3.16. The monoisotopic (exact) mass is 459 g/mol. The lowest BCUT2D eigenvalue weighted by Crippen LogP contribution is -2.62. The van der Waals surface area contributed by atoms with Gasteiger partial charge in [-0.2, -0.15) is 0 Å². The van der Waals surface area contributed by atoms with Crippen LogP contribution in [0.4, 0.5) is 0 Å². The summed E-state index contributed by atoms with van der Waals surface area (Å²) in [6, 6.07) is 13.6. The number of fused-ring (bicyclic) bond motifs is 1. The fraction of sp³-hybridized carbons (Fsp3) is 0.364. The summed E-state index contributed by atoms with van der Waals surface area (Å²) >= 11 is 1.10. The maximum Gasteiger partial charge on any atom is 0.332 e. The molecule has 9 nitrogen and oxygen atoms in total. The topological polar surface area (TPSA) is 110 Å². The second kappa shape index (κ2) is 8.79. The van der Waals surface area contributed by atoms with Gasteiger partial charge in [0.05, 0.1) is 6.61 Å². The first-order valence-electron chi connectivity index (χ1n) is 9.88. The standard InChI is InChI=1S/C22H21NO8S/c1-12(24)28-18-11-27-22(20(30-14(3)26)19(18)29-13(2)25)31-23-21(32-22)17-10-6-8-15-7-4-5-9-16(15)17/h4-10,18-20H,11H2,1-3H3/t18-,19+,20-,22+/m1/s1. The summed E-state index contributed by atoms with van der Waals surface area (Å²) in [6.07, 6.45) is -3.39. The highest BCUT2D eigenvalue weighted by atomic mass is 32.2. The summed E-state index contributed by atoms with van der Waals surface area (Å²) in [5.74, 6) is -1.89. The third-order valence-corrected chi connectivity index (χ3v) is 6.09. The Morgan fingerprint density at radius 2 is 1.66 bits per heavy atom. The second-order valence-electron chi connectivity index (χ2n) is 7.28. The van der Waals surface area contributed by atoms with Gasteiger partial charge in [-0.3, -0.25) is 14.4 Å². The van der Waals surface area contributed by atoms with Gasteiger partial charge >= 0.3 is 23.0 Å². The van der Waals surface area contributed by atoms with Crippen molar-refractivity contribution >= 4 is 45.5 Å². The minimum Gasteiger partial charge on any atom is -0.456 e. The smallest absolute Gasteiger partial charge is 0.332 e. The first-order chi connectivity index (χ1) is 15.3. The maximum absolute atomic E-state index is 11.9. The molecular formula is C22H21NO8S. The van der Waals surface area contributed by atoms with E-state index in [0.29, 0.717) is 5.04 Å². The summed E-state index contributed by atoms with van der Waals surface area (Å²) in [4.78, 5) is 41.0. The number of nitrogens with zero attached hydrogens (tertiary/aromatic N) is 1. The minimum atomic E-state index is -1.62. The van der Waals surface area contributed by atoms with E-state index in [1.807, 2.05) is 42.5 Å². The van der Waals surface area contributed by atoms with Crippen molar-refractivity contribution in [2.45, 2.75) is 44.2 Å². The molecule has 2 aromatic carbocycles. The van der Waals surface area contributed by atoms with Gasteiger partial charge in [-0.1, -0.05) is 47.6 Å². The average molecular weight is 459 g/mol. The van der Waals surface area contributed by atoms with Crippen LogP contribution in [0.3, 0.4) is 0 Å². The fourth-order valence-electron chi connectivity index (χ4n) is 3.69. The summed E-state index contributed by atoms with van der Waals surface area (Å²) in [7, 11) is 0. The molecule has 2 heterocycles. The van der Waals surface area contributed by atoms with Gasteiger partial charge in [0.25, 0.3) is 0 Å². The van der Waals surface area contributed by atoms with Crippen molar-refractivity contribution in [3.63, 3.8) is 0 Å². The number of rotatable bonds is 4. The Balaban J connectivity index is 1.69. The summed E-state index contributed by atoms with van der Waals surface area (Å²) in [5.41, 5.74) is 0.807. The number of carbonyl (C=O) groups is 3. The predicted octanol–water partition coefficient (Wildman–Crippen LogP) is 2.74. The van der Waals surface area contributed by atoms with E-state index in [1.165, 1.54) is 20.8 Å². The SMILES string of the molecule is CC(=O)O[C@@H]1[C@@H](OC(C)=O)[C@]2(OC[C@H]1OC(C)=O)ON=C(c1cccc3ccccc13)S2. The number of oxime groups is 1. The van der Waals surface area contributed by atoms with Crippen LogP contribution in [0.2, 0.25) is 0 Å². The Morgan fingerprint density at radius 1 is 0.969 bits per heavy atom. The quantitative estimate of drug-likeness (QED) is 0.503. The molecule has 2 aliphatic rings. The van der Waals surface area contributed by atoms with Crippen LogP contribution >= 0.6 is 11.8 Å². The molecule has 1 fully saturated rings. The molecule has 2 aliphatic heterocycles.